The van der Waals surface area contributed by atoms with Crippen molar-refractivity contribution in [3.8, 4) is 0 Å². The van der Waals surface area contributed by atoms with Crippen molar-refractivity contribution in [2.75, 3.05) is 13.1 Å². The fourth-order valence-corrected chi connectivity index (χ4v) is 3.17. The number of rotatable bonds is 2. The second-order valence-electron chi connectivity index (χ2n) is 4.79. The van der Waals surface area contributed by atoms with E-state index in [0.29, 0.717) is 12.8 Å². The van der Waals surface area contributed by atoms with E-state index in [2.05, 4.69) is 0 Å². The summed E-state index contributed by atoms with van der Waals surface area (Å²) >= 11 is 0. The van der Waals surface area contributed by atoms with E-state index in [1.807, 2.05) is 31.2 Å². The Bertz CT molecular complexity index is 534. The number of aliphatic hydroxyl groups is 1. The molecule has 0 saturated carbocycles. The number of piperidine rings is 1. The lowest BCUT2D eigenvalue weighted by molar-refractivity contribution is -0.0101. The lowest BCUT2D eigenvalue weighted by atomic mass is 9.83. The van der Waals surface area contributed by atoms with Crippen LogP contribution in [0.25, 0.3) is 0 Å². The number of nitrogens with zero attached hydrogens (tertiary/aromatic N) is 1. The van der Waals surface area contributed by atoms with Crippen molar-refractivity contribution in [3.05, 3.63) is 35.4 Å². The highest BCUT2D eigenvalue weighted by Gasteiger charge is 2.37. The summed E-state index contributed by atoms with van der Waals surface area (Å²) in [4.78, 5) is 0. The van der Waals surface area contributed by atoms with Gasteiger partial charge in [-0.1, -0.05) is 24.3 Å². The van der Waals surface area contributed by atoms with Crippen molar-refractivity contribution < 1.29 is 13.5 Å². The van der Waals surface area contributed by atoms with Gasteiger partial charge in [0.1, 0.15) is 0 Å². The first-order valence-electron chi connectivity index (χ1n) is 5.89. The molecule has 1 aliphatic heterocycles. The fourth-order valence-electron chi connectivity index (χ4n) is 2.47. The molecule has 100 valence electrons. The van der Waals surface area contributed by atoms with E-state index in [-0.39, 0.29) is 13.1 Å². The molecule has 0 radical (unpaired) electrons. The standard InChI is InChI=1S/C12H18N2O3S/c1-10-4-2-3-5-11(10)12(15)6-8-14(9-7-12)18(13,16)17/h2-5,15H,6-9H2,1H3,(H2,13,16,17). The number of hydrogen-bond donors (Lipinski definition) is 2. The van der Waals surface area contributed by atoms with Crippen LogP contribution < -0.4 is 5.14 Å². The van der Waals surface area contributed by atoms with Crippen LogP contribution in [-0.2, 0) is 15.8 Å². The molecule has 3 N–H and O–H groups in total. The molecule has 2 rings (SSSR count). The molecular formula is C12H18N2O3S. The average Bonchev–Trinajstić information content (AvgIpc) is 2.28. The van der Waals surface area contributed by atoms with Crippen molar-refractivity contribution in [3.63, 3.8) is 0 Å². The predicted molar refractivity (Wildman–Crippen MR) is 69.0 cm³/mol. The topological polar surface area (TPSA) is 83.6 Å². The molecule has 0 bridgehead atoms. The minimum Gasteiger partial charge on any atom is -0.385 e. The third-order valence-electron chi connectivity index (χ3n) is 3.56. The number of hydrogen-bond acceptors (Lipinski definition) is 3. The second kappa shape index (κ2) is 4.62. The number of aryl methyl sites for hydroxylation is 1. The minimum absolute atomic E-state index is 0.254. The SMILES string of the molecule is Cc1ccccc1C1(O)CCN(S(N)(=O)=O)CC1. The summed E-state index contributed by atoms with van der Waals surface area (Å²) in [5.41, 5.74) is 0.940. The highest BCUT2D eigenvalue weighted by atomic mass is 32.2. The Balaban J connectivity index is 2.20. The first kappa shape index (κ1) is 13.5. The lowest BCUT2D eigenvalue weighted by Gasteiger charge is -2.37. The van der Waals surface area contributed by atoms with Crippen LogP contribution in [0.1, 0.15) is 24.0 Å². The highest BCUT2D eigenvalue weighted by Crippen LogP contribution is 2.34. The largest absolute Gasteiger partial charge is 0.385 e. The summed E-state index contributed by atoms with van der Waals surface area (Å²) in [6.07, 6.45) is 0.739. The van der Waals surface area contributed by atoms with E-state index in [1.165, 1.54) is 4.31 Å². The molecule has 1 aliphatic rings. The lowest BCUT2D eigenvalue weighted by Crippen LogP contribution is -2.47. The van der Waals surface area contributed by atoms with E-state index in [1.54, 1.807) is 0 Å². The molecule has 1 saturated heterocycles. The quantitative estimate of drug-likeness (QED) is 0.820. The third kappa shape index (κ3) is 2.56. The van der Waals surface area contributed by atoms with Gasteiger partial charge in [0.2, 0.25) is 0 Å². The molecule has 1 fully saturated rings. The molecule has 0 atom stereocenters. The highest BCUT2D eigenvalue weighted by molar-refractivity contribution is 7.86. The van der Waals surface area contributed by atoms with Crippen molar-refractivity contribution >= 4 is 10.2 Å². The summed E-state index contributed by atoms with van der Waals surface area (Å²) in [7, 11) is -3.65. The maximum atomic E-state index is 11.2. The Hall–Kier alpha value is -0.950. The Kier molecular flexibility index (Phi) is 3.46. The number of benzene rings is 1. The summed E-state index contributed by atoms with van der Waals surface area (Å²) in [6, 6.07) is 7.63. The van der Waals surface area contributed by atoms with Gasteiger partial charge in [-0.15, -0.1) is 0 Å². The zero-order chi connectivity index (χ0) is 13.4. The average molecular weight is 270 g/mol. The van der Waals surface area contributed by atoms with Gasteiger partial charge < -0.3 is 5.11 Å². The Morgan fingerprint density at radius 1 is 1.28 bits per heavy atom. The van der Waals surface area contributed by atoms with Crippen molar-refractivity contribution in [2.45, 2.75) is 25.4 Å². The van der Waals surface area contributed by atoms with E-state index in [0.717, 1.165) is 11.1 Å². The Morgan fingerprint density at radius 2 is 1.83 bits per heavy atom. The van der Waals surface area contributed by atoms with Gasteiger partial charge in [0.05, 0.1) is 5.60 Å². The van der Waals surface area contributed by atoms with E-state index in [4.69, 9.17) is 5.14 Å². The van der Waals surface area contributed by atoms with Gasteiger partial charge in [0.15, 0.2) is 0 Å². The Morgan fingerprint density at radius 3 is 2.33 bits per heavy atom. The van der Waals surface area contributed by atoms with Crippen LogP contribution in [0.3, 0.4) is 0 Å². The molecule has 1 aromatic rings. The molecular weight excluding hydrogens is 252 g/mol. The molecule has 0 aliphatic carbocycles. The first-order valence-corrected chi connectivity index (χ1v) is 7.40. The van der Waals surface area contributed by atoms with Gasteiger partial charge in [-0.2, -0.15) is 12.7 Å². The van der Waals surface area contributed by atoms with Crippen molar-refractivity contribution in [2.24, 2.45) is 5.14 Å². The van der Waals surface area contributed by atoms with Crippen LogP contribution in [0, 0.1) is 6.92 Å². The molecule has 0 aromatic heterocycles. The summed E-state index contributed by atoms with van der Waals surface area (Å²) in [5, 5.41) is 15.7. The second-order valence-corrected chi connectivity index (χ2v) is 6.34. The van der Waals surface area contributed by atoms with Gasteiger partial charge in [0.25, 0.3) is 10.2 Å². The van der Waals surface area contributed by atoms with Gasteiger partial charge in [-0.3, -0.25) is 0 Å². The summed E-state index contributed by atoms with van der Waals surface area (Å²) in [6.45, 7) is 2.45. The smallest absolute Gasteiger partial charge is 0.276 e. The van der Waals surface area contributed by atoms with Crippen LogP contribution in [0.5, 0.6) is 0 Å². The number of nitrogens with two attached hydrogens (primary N) is 1. The first-order chi connectivity index (χ1) is 8.33. The van der Waals surface area contributed by atoms with Crippen LogP contribution in [0.4, 0.5) is 0 Å². The van der Waals surface area contributed by atoms with Crippen molar-refractivity contribution in [1.82, 2.24) is 4.31 Å². The van der Waals surface area contributed by atoms with Gasteiger partial charge in [0, 0.05) is 13.1 Å². The molecule has 6 heteroatoms. The van der Waals surface area contributed by atoms with E-state index >= 15 is 0 Å². The normalized spacial score (nSPS) is 20.8. The molecule has 1 aromatic carbocycles. The minimum atomic E-state index is -3.65. The van der Waals surface area contributed by atoms with E-state index < -0.39 is 15.8 Å². The molecule has 5 nitrogen and oxygen atoms in total. The van der Waals surface area contributed by atoms with Crippen LogP contribution >= 0.6 is 0 Å². The van der Waals surface area contributed by atoms with Gasteiger partial charge in [-0.05, 0) is 30.9 Å². The third-order valence-corrected chi connectivity index (χ3v) is 4.64. The molecule has 0 amide bonds. The maximum absolute atomic E-state index is 11.2. The fraction of sp³-hybridized carbons (Fsp3) is 0.500. The molecule has 1 heterocycles. The Labute approximate surface area is 107 Å². The molecule has 0 unspecified atom stereocenters. The predicted octanol–water partition coefficient (Wildman–Crippen LogP) is 0.482. The van der Waals surface area contributed by atoms with Gasteiger partial charge in [-0.25, -0.2) is 5.14 Å². The molecule has 0 spiro atoms. The summed E-state index contributed by atoms with van der Waals surface area (Å²) in [5.74, 6) is 0. The zero-order valence-corrected chi connectivity index (χ0v) is 11.2. The van der Waals surface area contributed by atoms with Crippen LogP contribution in [0.2, 0.25) is 0 Å². The van der Waals surface area contributed by atoms with Gasteiger partial charge >= 0.3 is 0 Å². The van der Waals surface area contributed by atoms with Crippen molar-refractivity contribution in [1.29, 1.82) is 0 Å². The monoisotopic (exact) mass is 270 g/mol. The molecule has 18 heavy (non-hydrogen) atoms. The summed E-state index contributed by atoms with van der Waals surface area (Å²) < 4.78 is 23.7. The maximum Gasteiger partial charge on any atom is 0.276 e. The van der Waals surface area contributed by atoms with Crippen LogP contribution in [-0.4, -0.2) is 30.9 Å². The van der Waals surface area contributed by atoms with Crippen LogP contribution in [0.15, 0.2) is 24.3 Å². The zero-order valence-electron chi connectivity index (χ0n) is 10.3. The van der Waals surface area contributed by atoms with E-state index in [9.17, 15) is 13.5 Å².